The van der Waals surface area contributed by atoms with Gasteiger partial charge in [-0.3, -0.25) is 4.79 Å². The lowest BCUT2D eigenvalue weighted by Gasteiger charge is -2.22. The van der Waals surface area contributed by atoms with Crippen LogP contribution in [0.2, 0.25) is 5.02 Å². The van der Waals surface area contributed by atoms with Crippen molar-refractivity contribution in [2.75, 3.05) is 6.54 Å². The number of ketones is 1. The Balaban J connectivity index is 1.62. The Hall–Kier alpha value is -2.88. The quantitative estimate of drug-likeness (QED) is 0.321. The van der Waals surface area contributed by atoms with Crippen molar-refractivity contribution in [1.29, 1.82) is 0 Å². The molecule has 0 spiro atoms. The molecule has 0 aliphatic heterocycles. The Bertz CT molecular complexity index is 1120. The van der Waals surface area contributed by atoms with Crippen LogP contribution in [0.15, 0.2) is 85.1 Å². The number of halogens is 1. The van der Waals surface area contributed by atoms with Gasteiger partial charge in [0.25, 0.3) is 0 Å². The molecular weight excluding hydrogens is 392 g/mol. The molecule has 0 aliphatic carbocycles. The zero-order valence-corrected chi connectivity index (χ0v) is 17.7. The number of aromatic nitrogens is 1. The SMILES string of the molecule is CC[C@@H](CN[C@H](C(=O)c1c[nH]c2ccccc12)c1ccccc1)c1ccc(Cl)cc1. The maximum absolute atomic E-state index is 13.6. The van der Waals surface area contributed by atoms with E-state index < -0.39 is 6.04 Å². The van der Waals surface area contributed by atoms with Crippen LogP contribution < -0.4 is 5.32 Å². The standard InChI is InChI=1S/C26H25ClN2O/c1-2-18(19-12-14-21(27)15-13-19)16-29-25(20-8-4-3-5-9-20)26(30)23-17-28-24-11-7-6-10-22(23)24/h3-15,17-18,25,28-29H,2,16H2,1H3/t18-,25-/m0/s1. The van der Waals surface area contributed by atoms with Crippen molar-refractivity contribution in [1.82, 2.24) is 10.3 Å². The van der Waals surface area contributed by atoms with Crippen LogP contribution in [0.25, 0.3) is 10.9 Å². The molecule has 0 aliphatic rings. The summed E-state index contributed by atoms with van der Waals surface area (Å²) in [5.41, 5.74) is 3.88. The van der Waals surface area contributed by atoms with Crippen LogP contribution in [0, 0.1) is 0 Å². The van der Waals surface area contributed by atoms with E-state index in [0.717, 1.165) is 27.9 Å². The van der Waals surface area contributed by atoms with Gasteiger partial charge in [0.15, 0.2) is 5.78 Å². The normalized spacial score (nSPS) is 13.3. The molecule has 2 atom stereocenters. The van der Waals surface area contributed by atoms with Gasteiger partial charge in [-0.05, 0) is 41.7 Å². The highest BCUT2D eigenvalue weighted by Crippen LogP contribution is 2.27. The first-order chi connectivity index (χ1) is 14.7. The van der Waals surface area contributed by atoms with E-state index in [9.17, 15) is 4.79 Å². The topological polar surface area (TPSA) is 44.9 Å². The first-order valence-corrected chi connectivity index (χ1v) is 10.7. The summed E-state index contributed by atoms with van der Waals surface area (Å²) in [4.78, 5) is 16.8. The summed E-state index contributed by atoms with van der Waals surface area (Å²) in [5, 5.41) is 5.24. The summed E-state index contributed by atoms with van der Waals surface area (Å²) < 4.78 is 0. The molecule has 3 aromatic carbocycles. The molecule has 0 radical (unpaired) electrons. The van der Waals surface area contributed by atoms with Crippen LogP contribution in [-0.2, 0) is 0 Å². The van der Waals surface area contributed by atoms with Crippen molar-refractivity contribution in [2.24, 2.45) is 0 Å². The molecule has 0 saturated heterocycles. The van der Waals surface area contributed by atoms with Crippen molar-refractivity contribution < 1.29 is 4.79 Å². The maximum Gasteiger partial charge on any atom is 0.186 e. The lowest BCUT2D eigenvalue weighted by Crippen LogP contribution is -2.32. The van der Waals surface area contributed by atoms with E-state index in [1.807, 2.05) is 72.9 Å². The minimum atomic E-state index is -0.410. The van der Waals surface area contributed by atoms with Crippen LogP contribution in [0.4, 0.5) is 0 Å². The Morgan fingerprint density at radius 2 is 1.63 bits per heavy atom. The highest BCUT2D eigenvalue weighted by Gasteiger charge is 2.25. The number of hydrogen-bond acceptors (Lipinski definition) is 2. The number of nitrogens with one attached hydrogen (secondary N) is 2. The molecule has 1 heterocycles. The molecule has 0 bridgehead atoms. The Morgan fingerprint density at radius 1 is 0.933 bits per heavy atom. The van der Waals surface area contributed by atoms with Gasteiger partial charge in [0.1, 0.15) is 0 Å². The van der Waals surface area contributed by atoms with Gasteiger partial charge in [-0.2, -0.15) is 0 Å². The largest absolute Gasteiger partial charge is 0.360 e. The van der Waals surface area contributed by atoms with Crippen molar-refractivity contribution in [3.8, 4) is 0 Å². The van der Waals surface area contributed by atoms with Gasteiger partial charge in [0.05, 0.1) is 6.04 Å². The lowest BCUT2D eigenvalue weighted by atomic mass is 9.93. The van der Waals surface area contributed by atoms with Crippen LogP contribution in [-0.4, -0.2) is 17.3 Å². The fourth-order valence-electron chi connectivity index (χ4n) is 3.93. The third kappa shape index (κ3) is 4.33. The summed E-state index contributed by atoms with van der Waals surface area (Å²) in [6.07, 6.45) is 2.79. The molecule has 0 fully saturated rings. The molecule has 30 heavy (non-hydrogen) atoms. The number of carbonyl (C=O) groups is 1. The van der Waals surface area contributed by atoms with Gasteiger partial charge >= 0.3 is 0 Å². The first-order valence-electron chi connectivity index (χ1n) is 10.3. The average molecular weight is 417 g/mol. The van der Waals surface area contributed by atoms with Gasteiger partial charge < -0.3 is 10.3 Å². The van der Waals surface area contributed by atoms with E-state index in [-0.39, 0.29) is 5.78 Å². The Labute approximate surface area is 182 Å². The van der Waals surface area contributed by atoms with Gasteiger partial charge in [0, 0.05) is 34.2 Å². The first kappa shape index (κ1) is 20.4. The second-order valence-electron chi connectivity index (χ2n) is 7.52. The number of rotatable bonds is 8. The van der Waals surface area contributed by atoms with E-state index in [2.05, 4.69) is 29.4 Å². The minimum absolute atomic E-state index is 0.0737. The summed E-state index contributed by atoms with van der Waals surface area (Å²) >= 11 is 6.05. The lowest BCUT2D eigenvalue weighted by molar-refractivity contribution is 0.0943. The maximum atomic E-state index is 13.6. The third-order valence-electron chi connectivity index (χ3n) is 5.65. The number of carbonyl (C=O) groups excluding carboxylic acids is 1. The van der Waals surface area contributed by atoms with E-state index in [4.69, 9.17) is 11.6 Å². The molecular formula is C26H25ClN2O. The predicted octanol–water partition coefficient (Wildman–Crippen LogP) is 6.53. The molecule has 3 nitrogen and oxygen atoms in total. The molecule has 4 rings (SSSR count). The molecule has 0 amide bonds. The zero-order chi connectivity index (χ0) is 20.9. The summed E-state index contributed by atoms with van der Waals surface area (Å²) in [6.45, 7) is 2.87. The Kier molecular flexibility index (Phi) is 6.32. The minimum Gasteiger partial charge on any atom is -0.360 e. The summed E-state index contributed by atoms with van der Waals surface area (Å²) in [7, 11) is 0. The van der Waals surface area contributed by atoms with Crippen molar-refractivity contribution in [3.05, 3.63) is 107 Å². The number of hydrogen-bond donors (Lipinski definition) is 2. The van der Waals surface area contributed by atoms with E-state index in [0.29, 0.717) is 18.0 Å². The number of Topliss-reactive ketones (excluding diaryl/α,β-unsaturated/α-hetero) is 1. The number of benzene rings is 3. The second kappa shape index (κ2) is 9.29. The van der Waals surface area contributed by atoms with Crippen LogP contribution in [0.1, 0.15) is 46.8 Å². The highest BCUT2D eigenvalue weighted by molar-refractivity contribution is 6.30. The van der Waals surface area contributed by atoms with Gasteiger partial charge in [-0.25, -0.2) is 0 Å². The van der Waals surface area contributed by atoms with E-state index in [1.165, 1.54) is 5.56 Å². The van der Waals surface area contributed by atoms with Gasteiger partial charge in [0.2, 0.25) is 0 Å². The molecule has 2 N–H and O–H groups in total. The smallest absolute Gasteiger partial charge is 0.186 e. The number of aromatic amines is 1. The molecule has 0 saturated carbocycles. The average Bonchev–Trinajstić information content (AvgIpc) is 3.22. The molecule has 4 heteroatoms. The summed E-state index contributed by atoms with van der Waals surface area (Å²) in [6, 6.07) is 25.4. The Morgan fingerprint density at radius 3 is 2.37 bits per heavy atom. The van der Waals surface area contributed by atoms with Gasteiger partial charge in [-0.15, -0.1) is 0 Å². The van der Waals surface area contributed by atoms with E-state index >= 15 is 0 Å². The van der Waals surface area contributed by atoms with Crippen LogP contribution in [0.5, 0.6) is 0 Å². The second-order valence-corrected chi connectivity index (χ2v) is 7.96. The number of para-hydroxylation sites is 1. The predicted molar refractivity (Wildman–Crippen MR) is 124 cm³/mol. The molecule has 4 aromatic rings. The molecule has 152 valence electrons. The summed E-state index contributed by atoms with van der Waals surface area (Å²) in [5.74, 6) is 0.369. The van der Waals surface area contributed by atoms with Crippen LogP contribution in [0.3, 0.4) is 0 Å². The molecule has 0 unspecified atom stereocenters. The number of H-pyrrole nitrogens is 1. The molecule has 1 aromatic heterocycles. The monoisotopic (exact) mass is 416 g/mol. The van der Waals surface area contributed by atoms with Crippen molar-refractivity contribution in [3.63, 3.8) is 0 Å². The van der Waals surface area contributed by atoms with Crippen molar-refractivity contribution >= 4 is 28.3 Å². The third-order valence-corrected chi connectivity index (χ3v) is 5.90. The zero-order valence-electron chi connectivity index (χ0n) is 16.9. The van der Waals surface area contributed by atoms with Crippen molar-refractivity contribution in [2.45, 2.75) is 25.3 Å². The fraction of sp³-hybridized carbons (Fsp3) is 0.192. The fourth-order valence-corrected chi connectivity index (χ4v) is 4.06. The number of fused-ring (bicyclic) bond motifs is 1. The van der Waals surface area contributed by atoms with E-state index in [1.54, 1.807) is 0 Å². The van der Waals surface area contributed by atoms with Crippen LogP contribution >= 0.6 is 11.6 Å². The highest BCUT2D eigenvalue weighted by atomic mass is 35.5. The van der Waals surface area contributed by atoms with Gasteiger partial charge in [-0.1, -0.05) is 79.2 Å².